The lowest BCUT2D eigenvalue weighted by Gasteiger charge is -2.27. The monoisotopic (exact) mass is 1110 g/mol. The molecule has 5 amide bonds. The van der Waals surface area contributed by atoms with E-state index in [1.165, 1.54) is 45.1 Å². The summed E-state index contributed by atoms with van der Waals surface area (Å²) in [5.74, 6) is -0.980. The van der Waals surface area contributed by atoms with Crippen LogP contribution in [0.5, 0.6) is 0 Å². The van der Waals surface area contributed by atoms with E-state index in [0.29, 0.717) is 67.9 Å². The highest BCUT2D eigenvalue weighted by Gasteiger charge is 2.25. The minimum absolute atomic E-state index is 0.109. The van der Waals surface area contributed by atoms with Gasteiger partial charge in [0.15, 0.2) is 5.78 Å². The van der Waals surface area contributed by atoms with Crippen LogP contribution in [0, 0.1) is 0 Å². The second-order valence-electron chi connectivity index (χ2n) is 18.9. The standard InChI is InChI=1S/C17H27N3O5.C16H24N2O4.C12H19N3O3.C10H14N2O2/c1-17(2,3)25-16(22)20(10-11-23-5)12-13-8-7-9-14(18-13)15(21)19(4)24-6;1-12(19)14-8-6-7-13(17-14)11-18(9-10-21-5)15(20)22-16(2,3)4;1-15(18-3)12(16)11-6-4-5-10(14-11)9-13-7-8-17-2;1-4-8-6-5-7-9(11-8)10(13)12(2)14-3/h7-9H,10-12H2,1-6H3;6-8H,9-11H2,1-5H3;4-6,13H,7-9H2,1-3H3;5-7H,4H2,1-3H3. The van der Waals surface area contributed by atoms with Gasteiger partial charge in [-0.2, -0.15) is 0 Å². The van der Waals surface area contributed by atoms with Crippen LogP contribution >= 0.6 is 0 Å². The molecule has 24 nitrogen and oxygen atoms in total. The Kier molecular flexibility index (Phi) is 32.7. The first kappa shape index (κ1) is 70.0. The lowest BCUT2D eigenvalue weighted by atomic mass is 10.2. The van der Waals surface area contributed by atoms with E-state index in [4.69, 9.17) is 38.2 Å². The van der Waals surface area contributed by atoms with Gasteiger partial charge in [0.2, 0.25) is 0 Å². The highest BCUT2D eigenvalue weighted by Crippen LogP contribution is 2.15. The molecule has 0 aliphatic heterocycles. The van der Waals surface area contributed by atoms with Crippen molar-refractivity contribution in [2.45, 2.75) is 92.6 Å². The number of pyridine rings is 4. The summed E-state index contributed by atoms with van der Waals surface area (Å²) < 4.78 is 25.8. The second kappa shape index (κ2) is 36.9. The fourth-order valence-corrected chi connectivity index (χ4v) is 5.98. The summed E-state index contributed by atoms with van der Waals surface area (Å²) >= 11 is 0. The number of nitrogens with one attached hydrogen (secondary N) is 1. The normalized spacial score (nSPS) is 10.7. The highest BCUT2D eigenvalue weighted by molar-refractivity contribution is 5.93. The Bertz CT molecular complexity index is 2490. The van der Waals surface area contributed by atoms with Crippen LogP contribution < -0.4 is 5.32 Å². The number of hydroxylamine groups is 6. The smallest absolute Gasteiger partial charge is 0.410 e. The van der Waals surface area contributed by atoms with Crippen molar-refractivity contribution in [3.63, 3.8) is 0 Å². The van der Waals surface area contributed by atoms with Gasteiger partial charge in [0.05, 0.1) is 71.3 Å². The molecule has 0 radical (unpaired) electrons. The number of rotatable bonds is 23. The van der Waals surface area contributed by atoms with Crippen LogP contribution in [0.4, 0.5) is 9.59 Å². The predicted octanol–water partition coefficient (Wildman–Crippen LogP) is 6.49. The Hall–Kier alpha value is -7.06. The van der Waals surface area contributed by atoms with Crippen LogP contribution in [0.2, 0.25) is 0 Å². The summed E-state index contributed by atoms with van der Waals surface area (Å²) in [6.07, 6.45) is -0.0747. The van der Waals surface area contributed by atoms with E-state index < -0.39 is 23.4 Å². The maximum atomic E-state index is 12.4. The predicted molar refractivity (Wildman–Crippen MR) is 294 cm³/mol. The van der Waals surface area contributed by atoms with Gasteiger partial charge in [0.1, 0.15) is 34.0 Å². The van der Waals surface area contributed by atoms with Crippen molar-refractivity contribution in [1.82, 2.24) is 50.2 Å². The molecule has 0 aliphatic carbocycles. The van der Waals surface area contributed by atoms with Crippen molar-refractivity contribution in [3.05, 3.63) is 118 Å². The molecule has 0 bridgehead atoms. The van der Waals surface area contributed by atoms with Crippen LogP contribution in [0.25, 0.3) is 0 Å². The Labute approximate surface area is 465 Å². The molecule has 4 heterocycles. The number of carbonyl (C=O) groups excluding carboxylic acids is 6. The van der Waals surface area contributed by atoms with Crippen LogP contribution in [0.1, 0.15) is 120 Å². The van der Waals surface area contributed by atoms with Gasteiger partial charge in [0, 0.05) is 81.3 Å². The van der Waals surface area contributed by atoms with E-state index in [0.717, 1.165) is 39.5 Å². The Morgan fingerprint density at radius 3 is 1.15 bits per heavy atom. The average Bonchev–Trinajstić information content (AvgIpc) is 3.42. The summed E-state index contributed by atoms with van der Waals surface area (Å²) in [4.78, 5) is 106. The molecule has 438 valence electrons. The highest BCUT2D eigenvalue weighted by atomic mass is 16.7. The lowest BCUT2D eigenvalue weighted by molar-refractivity contribution is -0.0761. The molecule has 4 rings (SSSR count). The lowest BCUT2D eigenvalue weighted by Crippen LogP contribution is -2.38. The van der Waals surface area contributed by atoms with Crippen molar-refractivity contribution >= 4 is 35.7 Å². The number of ether oxygens (including phenoxy) is 5. The zero-order valence-electron chi connectivity index (χ0n) is 49.2. The van der Waals surface area contributed by atoms with Crippen molar-refractivity contribution in [2.24, 2.45) is 0 Å². The fourth-order valence-electron chi connectivity index (χ4n) is 5.98. The molecule has 0 spiro atoms. The minimum atomic E-state index is -0.602. The number of hydrogen-bond donors (Lipinski definition) is 1. The molecule has 1 N–H and O–H groups in total. The molecule has 4 aromatic heterocycles. The molecule has 0 saturated heterocycles. The molecular formula is C55H84N10O14. The third-order valence-electron chi connectivity index (χ3n) is 10.2. The van der Waals surface area contributed by atoms with Gasteiger partial charge in [-0.1, -0.05) is 31.2 Å². The molecule has 0 saturated carbocycles. The number of methoxy groups -OCH3 is 3. The van der Waals surface area contributed by atoms with E-state index >= 15 is 0 Å². The SMILES string of the molecule is CCc1cccc(C(=O)N(C)OC)n1.COCCN(Cc1cccc(C(=O)N(C)OC)n1)C(=O)OC(C)(C)C.COCCN(Cc1cccc(C(C)=O)n1)C(=O)OC(C)(C)C.COCCNCc1cccc(C(=O)N(C)OC)n1. The van der Waals surface area contributed by atoms with E-state index in [-0.39, 0.29) is 42.3 Å². The zero-order valence-corrected chi connectivity index (χ0v) is 49.2. The van der Waals surface area contributed by atoms with Gasteiger partial charge in [-0.3, -0.25) is 43.5 Å². The molecule has 0 fully saturated rings. The van der Waals surface area contributed by atoms with E-state index in [1.807, 2.05) is 45.9 Å². The molecular weight excluding hydrogens is 1020 g/mol. The summed E-state index contributed by atoms with van der Waals surface area (Å²) in [5, 5.41) is 6.55. The largest absolute Gasteiger partial charge is 0.444 e. The van der Waals surface area contributed by atoms with Gasteiger partial charge < -0.3 is 29.0 Å². The van der Waals surface area contributed by atoms with Crippen LogP contribution in [-0.2, 0) is 64.3 Å². The Morgan fingerprint density at radius 2 is 0.810 bits per heavy atom. The molecule has 0 atom stereocenters. The minimum Gasteiger partial charge on any atom is -0.444 e. The number of aromatic nitrogens is 4. The average molecular weight is 1110 g/mol. The molecule has 0 unspecified atom stereocenters. The number of hydrogen-bond acceptors (Lipinski definition) is 19. The zero-order chi connectivity index (χ0) is 59.7. The number of carbonyl (C=O) groups is 6. The second-order valence-corrected chi connectivity index (χ2v) is 18.9. The number of Topliss-reactive ketones (excluding diaryl/α,β-unsaturated/α-hetero) is 1. The molecule has 0 aliphatic rings. The first-order valence-corrected chi connectivity index (χ1v) is 25.2. The fraction of sp³-hybridized carbons (Fsp3) is 0.527. The van der Waals surface area contributed by atoms with E-state index in [2.05, 4.69) is 25.3 Å². The number of amides is 5. The maximum absolute atomic E-state index is 12.4. The van der Waals surface area contributed by atoms with Crippen molar-refractivity contribution in [2.75, 3.05) is 103 Å². The topological polar surface area (TPSA) is 256 Å². The van der Waals surface area contributed by atoms with Gasteiger partial charge >= 0.3 is 12.2 Å². The van der Waals surface area contributed by atoms with E-state index in [1.54, 1.807) is 111 Å². The molecule has 79 heavy (non-hydrogen) atoms. The van der Waals surface area contributed by atoms with Crippen molar-refractivity contribution in [3.8, 4) is 0 Å². The summed E-state index contributed by atoms with van der Waals surface area (Å²) in [5.41, 5.74) is 3.13. The molecule has 0 aromatic carbocycles. The van der Waals surface area contributed by atoms with Crippen LogP contribution in [-0.4, -0.2) is 195 Å². The third kappa shape index (κ3) is 28.4. The summed E-state index contributed by atoms with van der Waals surface area (Å²) in [6, 6.07) is 20.9. The number of aryl methyl sites for hydroxylation is 1. The summed E-state index contributed by atoms with van der Waals surface area (Å²) in [7, 11) is 13.7. The number of nitrogens with zero attached hydrogens (tertiary/aromatic N) is 9. The summed E-state index contributed by atoms with van der Waals surface area (Å²) in [6.45, 7) is 18.3. The molecule has 24 heteroatoms. The first-order chi connectivity index (χ1) is 37.3. The van der Waals surface area contributed by atoms with Gasteiger partial charge in [-0.05, 0) is 96.5 Å². The number of ketones is 1. The first-order valence-electron chi connectivity index (χ1n) is 25.2. The van der Waals surface area contributed by atoms with Gasteiger partial charge in [-0.25, -0.2) is 44.7 Å². The van der Waals surface area contributed by atoms with Crippen molar-refractivity contribution < 1.29 is 67.0 Å². The van der Waals surface area contributed by atoms with Crippen molar-refractivity contribution in [1.29, 1.82) is 0 Å². The van der Waals surface area contributed by atoms with Gasteiger partial charge in [-0.15, -0.1) is 0 Å². The quantitative estimate of drug-likeness (QED) is 0.0473. The maximum Gasteiger partial charge on any atom is 0.410 e. The molecule has 4 aromatic rings. The Morgan fingerprint density at radius 1 is 0.481 bits per heavy atom. The third-order valence-corrected chi connectivity index (χ3v) is 10.2. The van der Waals surface area contributed by atoms with Gasteiger partial charge in [0.25, 0.3) is 17.7 Å². The van der Waals surface area contributed by atoms with Crippen LogP contribution in [0.3, 0.4) is 0 Å². The Balaban J connectivity index is 0.000000537. The van der Waals surface area contributed by atoms with Crippen LogP contribution in [0.15, 0.2) is 72.8 Å². The van der Waals surface area contributed by atoms with E-state index in [9.17, 15) is 28.8 Å².